The maximum absolute atomic E-state index is 13.1. The maximum Gasteiger partial charge on any atom is 0.265 e. The highest BCUT2D eigenvalue weighted by atomic mass is 128. The fourth-order valence-electron chi connectivity index (χ4n) is 3.44. The molecule has 0 saturated carbocycles. The molecular formula is C28H47I2N4O2PS. The van der Waals surface area contributed by atoms with Gasteiger partial charge in [0.2, 0.25) is 0 Å². The van der Waals surface area contributed by atoms with Crippen LogP contribution < -0.4 is 20.7 Å². The summed E-state index contributed by atoms with van der Waals surface area (Å²) in [4.78, 5) is 17.7. The van der Waals surface area contributed by atoms with Crippen LogP contribution in [0.25, 0.3) is 0 Å². The van der Waals surface area contributed by atoms with E-state index in [1.165, 1.54) is 37.6 Å². The normalized spacial score (nSPS) is 12.3. The molecule has 1 aliphatic heterocycles. The summed E-state index contributed by atoms with van der Waals surface area (Å²) in [6.45, 7) is 17.3. The fourth-order valence-corrected chi connectivity index (χ4v) is 4.73. The number of hydrogen-bond donors (Lipinski definition) is 3. The van der Waals surface area contributed by atoms with Crippen molar-refractivity contribution >= 4 is 80.4 Å². The Kier molecular flexibility index (Phi) is 20.1. The monoisotopic (exact) mass is 788 g/mol. The SMILES string of the molecule is CC.CCCCCC.CSNc1ccc2c(c1)PNC(c1c(O)c(C)cn(CCC(C)(C)C)c1=O)=N2.II. The number of aromatic hydroxyl groups is 1. The number of aromatic nitrogens is 1. The summed E-state index contributed by atoms with van der Waals surface area (Å²) in [5.41, 5.74) is 2.66. The van der Waals surface area contributed by atoms with Crippen LogP contribution in [0.1, 0.15) is 91.7 Å². The average molecular weight is 789 g/mol. The van der Waals surface area contributed by atoms with Crippen LogP contribution in [0.2, 0.25) is 0 Å². The maximum atomic E-state index is 13.1. The molecule has 3 N–H and O–H groups in total. The van der Waals surface area contributed by atoms with Crippen molar-refractivity contribution in [1.82, 2.24) is 9.65 Å². The zero-order valence-electron chi connectivity index (χ0n) is 24.5. The highest BCUT2D eigenvalue weighted by Crippen LogP contribution is 2.29. The second-order valence-corrected chi connectivity index (χ2v) is 11.5. The Morgan fingerprint density at radius 2 is 1.76 bits per heavy atom. The van der Waals surface area contributed by atoms with Gasteiger partial charge in [-0.25, -0.2) is 4.99 Å². The molecule has 2 aromatic rings. The van der Waals surface area contributed by atoms with Crippen LogP contribution in [-0.4, -0.2) is 21.8 Å². The lowest BCUT2D eigenvalue weighted by molar-refractivity contribution is 0.346. The van der Waals surface area contributed by atoms with E-state index in [0.717, 1.165) is 23.1 Å². The van der Waals surface area contributed by atoms with E-state index >= 15 is 0 Å². The van der Waals surface area contributed by atoms with E-state index in [1.807, 2.05) is 39.2 Å². The number of aliphatic imine (C=N–C) groups is 1. The van der Waals surface area contributed by atoms with Crippen molar-refractivity contribution in [2.75, 3.05) is 11.0 Å². The third kappa shape index (κ3) is 12.8. The van der Waals surface area contributed by atoms with Crippen LogP contribution in [0, 0.1) is 12.3 Å². The van der Waals surface area contributed by atoms with Crippen molar-refractivity contribution < 1.29 is 5.11 Å². The Morgan fingerprint density at radius 3 is 2.29 bits per heavy atom. The highest BCUT2D eigenvalue weighted by molar-refractivity contribution is 15.0. The van der Waals surface area contributed by atoms with Crippen LogP contribution >= 0.6 is 57.9 Å². The number of nitrogens with zero attached hydrogens (tertiary/aromatic N) is 2. The van der Waals surface area contributed by atoms with Crippen LogP contribution in [0.3, 0.4) is 0 Å². The number of hydrogen-bond acceptors (Lipinski definition) is 6. The van der Waals surface area contributed by atoms with Crippen LogP contribution in [0.4, 0.5) is 11.4 Å². The lowest BCUT2D eigenvalue weighted by Crippen LogP contribution is -2.33. The van der Waals surface area contributed by atoms with Gasteiger partial charge in [-0.15, -0.1) is 0 Å². The molecule has 10 heteroatoms. The quantitative estimate of drug-likeness (QED) is 0.108. The van der Waals surface area contributed by atoms with Crippen molar-refractivity contribution in [3.05, 3.63) is 45.9 Å². The fraction of sp³-hybridized carbons (Fsp3) is 0.571. The van der Waals surface area contributed by atoms with Crippen LogP contribution in [0.15, 0.2) is 34.2 Å². The minimum Gasteiger partial charge on any atom is -0.507 e. The molecule has 0 radical (unpaired) electrons. The first-order chi connectivity index (χ1) is 18.1. The van der Waals surface area contributed by atoms with Crippen LogP contribution in [-0.2, 0) is 6.54 Å². The predicted molar refractivity (Wildman–Crippen MR) is 191 cm³/mol. The molecule has 3 rings (SSSR count). The van der Waals surface area contributed by atoms with Gasteiger partial charge >= 0.3 is 0 Å². The van der Waals surface area contributed by atoms with Gasteiger partial charge in [0.05, 0.1) is 5.69 Å². The molecule has 1 aliphatic rings. The Bertz CT molecular complexity index is 1050. The van der Waals surface area contributed by atoms with E-state index in [4.69, 9.17) is 0 Å². The van der Waals surface area contributed by atoms with Crippen LogP contribution in [0.5, 0.6) is 5.75 Å². The van der Waals surface area contributed by atoms with Gasteiger partial charge in [0.15, 0.2) is 0 Å². The number of amidine groups is 1. The largest absolute Gasteiger partial charge is 0.507 e. The molecule has 38 heavy (non-hydrogen) atoms. The van der Waals surface area contributed by atoms with E-state index in [1.54, 1.807) is 10.8 Å². The second-order valence-electron chi connectivity index (χ2n) is 9.80. The van der Waals surface area contributed by atoms with Gasteiger partial charge in [-0.05, 0) is 37.0 Å². The number of aryl methyl sites for hydroxylation is 2. The molecular weight excluding hydrogens is 741 g/mol. The van der Waals surface area contributed by atoms with Crippen molar-refractivity contribution in [1.29, 1.82) is 0 Å². The number of halogens is 2. The number of fused-ring (bicyclic) bond motifs is 1. The zero-order valence-corrected chi connectivity index (χ0v) is 30.6. The van der Waals surface area contributed by atoms with Crippen molar-refractivity contribution in [2.24, 2.45) is 10.4 Å². The lowest BCUT2D eigenvalue weighted by atomic mass is 9.92. The Morgan fingerprint density at radius 1 is 1.16 bits per heavy atom. The summed E-state index contributed by atoms with van der Waals surface area (Å²) in [6.07, 6.45) is 10.1. The molecule has 0 fully saturated rings. The van der Waals surface area contributed by atoms with Gasteiger partial charge in [-0.1, -0.05) is 86.1 Å². The number of anilines is 1. The third-order valence-electron chi connectivity index (χ3n) is 5.50. The Labute approximate surface area is 260 Å². The number of nitrogens with one attached hydrogen (secondary N) is 2. The molecule has 216 valence electrons. The Balaban J connectivity index is 0.00000119. The van der Waals surface area contributed by atoms with Crippen molar-refractivity contribution in [3.8, 4) is 5.75 Å². The summed E-state index contributed by atoms with van der Waals surface area (Å²) in [5.74, 6) is 0.435. The number of pyridine rings is 1. The molecule has 0 amide bonds. The van der Waals surface area contributed by atoms with Gasteiger partial charge in [0.25, 0.3) is 5.56 Å². The smallest absolute Gasteiger partial charge is 0.265 e. The molecule has 1 unspecified atom stereocenters. The zero-order chi connectivity index (χ0) is 29.3. The molecule has 2 heterocycles. The van der Waals surface area contributed by atoms with Gasteiger partial charge in [0.1, 0.15) is 17.1 Å². The van der Waals surface area contributed by atoms with E-state index < -0.39 is 0 Å². The van der Waals surface area contributed by atoms with Gasteiger partial charge in [0, 0.05) is 81.5 Å². The average Bonchev–Trinajstić information content (AvgIpc) is 2.91. The molecule has 0 saturated heterocycles. The third-order valence-corrected chi connectivity index (χ3v) is 6.97. The first-order valence-corrected chi connectivity index (χ1v) is 21.7. The molecule has 1 aromatic heterocycles. The van der Waals surface area contributed by atoms with Crippen molar-refractivity contribution in [2.45, 2.75) is 94.0 Å². The number of benzene rings is 1. The minimum absolute atomic E-state index is 0.00261. The number of unbranched alkanes of at least 4 members (excludes halogenated alkanes) is 3. The molecule has 6 nitrogen and oxygen atoms in total. The molecule has 1 aromatic carbocycles. The molecule has 1 atom stereocenters. The standard InChI is InChI=1S/C20H27N4O2PS.C6H14.C2H6.I2/c1-12-11-24(9-8-20(2,3)4)19(26)16(17(12)25)18-21-14-7-6-13(23-28-5)10-15(14)27-22-18;1-3-5-6-4-2;2*1-2/h6-7,10-11,23,25,27H,8-9H2,1-5H3,(H,21,22);3-6H2,1-2H3;1-2H3;. The minimum atomic E-state index is -0.215. The Hall–Kier alpha value is -0.520. The lowest BCUT2D eigenvalue weighted by Gasteiger charge is -2.22. The first-order valence-electron chi connectivity index (χ1n) is 13.2. The summed E-state index contributed by atoms with van der Waals surface area (Å²) < 4.78 is 4.90. The van der Waals surface area contributed by atoms with Crippen molar-refractivity contribution in [3.63, 3.8) is 0 Å². The predicted octanol–water partition coefficient (Wildman–Crippen LogP) is 9.27. The highest BCUT2D eigenvalue weighted by Gasteiger charge is 2.22. The van der Waals surface area contributed by atoms with E-state index in [9.17, 15) is 9.90 Å². The molecule has 0 aliphatic carbocycles. The second kappa shape index (κ2) is 20.4. The van der Waals surface area contributed by atoms with Gasteiger partial charge < -0.3 is 19.5 Å². The molecule has 0 bridgehead atoms. The van der Waals surface area contributed by atoms with E-state index in [0.29, 0.717) is 17.9 Å². The van der Waals surface area contributed by atoms with E-state index in [2.05, 4.69) is 92.7 Å². The molecule has 0 spiro atoms. The van der Waals surface area contributed by atoms with Gasteiger partial charge in [-0.3, -0.25) is 4.79 Å². The summed E-state index contributed by atoms with van der Waals surface area (Å²) in [6, 6.07) is 5.95. The summed E-state index contributed by atoms with van der Waals surface area (Å²) in [7, 11) is 0.268. The summed E-state index contributed by atoms with van der Waals surface area (Å²) >= 11 is 5.78. The first kappa shape index (κ1) is 37.5. The van der Waals surface area contributed by atoms with Gasteiger partial charge in [-0.2, -0.15) is 0 Å². The topological polar surface area (TPSA) is 78.6 Å². The summed E-state index contributed by atoms with van der Waals surface area (Å²) in [5, 5.41) is 14.9. The number of rotatable bonds is 8. The van der Waals surface area contributed by atoms with E-state index in [-0.39, 0.29) is 31.0 Å².